The van der Waals surface area contributed by atoms with Gasteiger partial charge in [0.05, 0.1) is 13.2 Å². The molecule has 0 aromatic rings. The largest absolute Gasteiger partial charge is 0.469 e. The Kier molecular flexibility index (Phi) is 16.3. The van der Waals surface area contributed by atoms with E-state index in [-0.39, 0.29) is 12.6 Å². The summed E-state index contributed by atoms with van der Waals surface area (Å²) in [5.41, 5.74) is 0.484. The van der Waals surface area contributed by atoms with Gasteiger partial charge in [0.2, 0.25) is 0 Å². The summed E-state index contributed by atoms with van der Waals surface area (Å²) in [6.45, 7) is 9.52. The SMILES string of the molecule is C=C(C)C(=O)OCCCCCCCCC.CCOP(=O)(O)O. The van der Waals surface area contributed by atoms with Crippen molar-refractivity contribution in [3.8, 4) is 0 Å². The van der Waals surface area contributed by atoms with Gasteiger partial charge in [0.1, 0.15) is 0 Å². The standard InChI is InChI=1S/C13H24O2.C2H7O4P/c1-4-5-6-7-8-9-10-11-15-13(14)12(2)3;1-2-6-7(3,4)5/h2,4-11H2,1,3H3;2H2,1H3,(H2,3,4,5). The minimum atomic E-state index is -4.17. The number of ether oxygens (including phenoxy) is 1. The Morgan fingerprint density at radius 1 is 1.05 bits per heavy atom. The molecule has 0 heterocycles. The zero-order chi connectivity index (χ0) is 17.4. The molecule has 0 saturated carbocycles. The first-order valence-corrected chi connectivity index (χ1v) is 9.30. The van der Waals surface area contributed by atoms with Gasteiger partial charge < -0.3 is 14.5 Å². The normalized spacial score (nSPS) is 10.6. The molecule has 7 heteroatoms. The average molecular weight is 338 g/mol. The summed E-state index contributed by atoms with van der Waals surface area (Å²) in [5.74, 6) is -0.263. The molecular formula is C15H31O6P. The van der Waals surface area contributed by atoms with Gasteiger partial charge in [-0.05, 0) is 20.3 Å². The molecule has 0 unspecified atom stereocenters. The number of phosphoric acid groups is 1. The van der Waals surface area contributed by atoms with Crippen molar-refractivity contribution in [3.63, 3.8) is 0 Å². The maximum absolute atomic E-state index is 11.0. The Morgan fingerprint density at radius 2 is 1.55 bits per heavy atom. The maximum atomic E-state index is 11.0. The van der Waals surface area contributed by atoms with E-state index in [1.54, 1.807) is 6.92 Å². The van der Waals surface area contributed by atoms with Crippen molar-refractivity contribution in [2.24, 2.45) is 0 Å². The Balaban J connectivity index is 0. The van der Waals surface area contributed by atoms with Crippen molar-refractivity contribution in [1.82, 2.24) is 0 Å². The van der Waals surface area contributed by atoms with E-state index < -0.39 is 7.82 Å². The van der Waals surface area contributed by atoms with Crippen LogP contribution in [0.2, 0.25) is 0 Å². The second kappa shape index (κ2) is 15.2. The van der Waals surface area contributed by atoms with Gasteiger partial charge in [-0.15, -0.1) is 0 Å². The molecule has 0 saturated heterocycles. The number of unbranched alkanes of at least 4 members (excludes halogenated alkanes) is 6. The van der Waals surface area contributed by atoms with E-state index in [9.17, 15) is 9.36 Å². The fourth-order valence-corrected chi connectivity index (χ4v) is 1.85. The fraction of sp³-hybridized carbons (Fsp3) is 0.800. The van der Waals surface area contributed by atoms with E-state index in [1.807, 2.05) is 0 Å². The molecule has 0 fully saturated rings. The highest BCUT2D eigenvalue weighted by atomic mass is 31.2. The number of carbonyl (C=O) groups excluding carboxylic acids is 1. The minimum absolute atomic E-state index is 0.0459. The van der Waals surface area contributed by atoms with Crippen LogP contribution >= 0.6 is 7.82 Å². The molecule has 2 N–H and O–H groups in total. The lowest BCUT2D eigenvalue weighted by atomic mass is 10.1. The predicted octanol–water partition coefficient (Wildman–Crippen LogP) is 3.97. The molecule has 0 rings (SSSR count). The molecule has 0 aliphatic carbocycles. The van der Waals surface area contributed by atoms with Crippen molar-refractivity contribution >= 4 is 13.8 Å². The minimum Gasteiger partial charge on any atom is -0.462 e. The second-order valence-electron chi connectivity index (χ2n) is 4.95. The smallest absolute Gasteiger partial charge is 0.462 e. The third-order valence-corrected chi connectivity index (χ3v) is 3.22. The summed E-state index contributed by atoms with van der Waals surface area (Å²) in [6, 6.07) is 0. The number of hydrogen-bond donors (Lipinski definition) is 2. The molecular weight excluding hydrogens is 307 g/mol. The van der Waals surface area contributed by atoms with Crippen LogP contribution < -0.4 is 0 Å². The van der Waals surface area contributed by atoms with Gasteiger partial charge in [-0.2, -0.15) is 0 Å². The molecule has 0 amide bonds. The van der Waals surface area contributed by atoms with Gasteiger partial charge in [0, 0.05) is 5.57 Å². The van der Waals surface area contributed by atoms with E-state index in [1.165, 1.54) is 39.0 Å². The van der Waals surface area contributed by atoms with Gasteiger partial charge in [0.25, 0.3) is 0 Å². The van der Waals surface area contributed by atoms with Crippen LogP contribution in [0.3, 0.4) is 0 Å². The highest BCUT2D eigenvalue weighted by molar-refractivity contribution is 7.46. The summed E-state index contributed by atoms with van der Waals surface area (Å²) in [4.78, 5) is 26.8. The van der Waals surface area contributed by atoms with Crippen molar-refractivity contribution in [2.75, 3.05) is 13.2 Å². The van der Waals surface area contributed by atoms with E-state index in [2.05, 4.69) is 18.0 Å². The van der Waals surface area contributed by atoms with Crippen LogP contribution in [0.25, 0.3) is 0 Å². The lowest BCUT2D eigenvalue weighted by Gasteiger charge is -2.04. The van der Waals surface area contributed by atoms with Crippen molar-refractivity contribution in [2.45, 2.75) is 65.7 Å². The molecule has 6 nitrogen and oxygen atoms in total. The first-order chi connectivity index (χ1) is 10.2. The zero-order valence-electron chi connectivity index (χ0n) is 14.0. The number of hydrogen-bond acceptors (Lipinski definition) is 4. The first-order valence-electron chi connectivity index (χ1n) is 7.77. The van der Waals surface area contributed by atoms with Crippen LogP contribution in [-0.4, -0.2) is 29.0 Å². The summed E-state index contributed by atoms with van der Waals surface area (Å²) in [6.07, 6.45) is 8.66. The second-order valence-corrected chi connectivity index (χ2v) is 6.19. The molecule has 0 spiro atoms. The van der Waals surface area contributed by atoms with Crippen LogP contribution in [0, 0.1) is 0 Å². The number of esters is 1. The molecule has 0 aromatic heterocycles. The molecule has 0 radical (unpaired) electrons. The van der Waals surface area contributed by atoms with Crippen molar-refractivity contribution in [1.29, 1.82) is 0 Å². The lowest BCUT2D eigenvalue weighted by Crippen LogP contribution is -2.05. The third kappa shape index (κ3) is 21.6. The van der Waals surface area contributed by atoms with E-state index in [4.69, 9.17) is 14.5 Å². The monoisotopic (exact) mass is 338 g/mol. The fourth-order valence-electron chi connectivity index (χ4n) is 1.52. The van der Waals surface area contributed by atoms with E-state index in [0.717, 1.165) is 12.8 Å². The summed E-state index contributed by atoms with van der Waals surface area (Å²) < 4.78 is 18.6. The van der Waals surface area contributed by atoms with Gasteiger partial charge in [0.15, 0.2) is 0 Å². The van der Waals surface area contributed by atoms with Crippen LogP contribution in [0.15, 0.2) is 12.2 Å². The maximum Gasteiger partial charge on any atom is 0.469 e. The van der Waals surface area contributed by atoms with E-state index >= 15 is 0 Å². The first kappa shape index (κ1) is 23.6. The number of carbonyl (C=O) groups is 1. The molecule has 0 bridgehead atoms. The third-order valence-electron chi connectivity index (χ3n) is 2.63. The van der Waals surface area contributed by atoms with Gasteiger partial charge >= 0.3 is 13.8 Å². The molecule has 0 atom stereocenters. The number of phosphoric ester groups is 1. The Morgan fingerprint density at radius 3 is 1.91 bits per heavy atom. The van der Waals surface area contributed by atoms with Crippen LogP contribution in [-0.2, 0) is 18.6 Å². The Labute approximate surface area is 134 Å². The summed E-state index contributed by atoms with van der Waals surface area (Å²) >= 11 is 0. The Hall–Kier alpha value is -0.680. The average Bonchev–Trinajstić information content (AvgIpc) is 2.40. The van der Waals surface area contributed by atoms with Gasteiger partial charge in [-0.25, -0.2) is 9.36 Å². The number of rotatable bonds is 11. The van der Waals surface area contributed by atoms with Gasteiger partial charge in [-0.3, -0.25) is 4.52 Å². The molecule has 0 aliphatic heterocycles. The zero-order valence-corrected chi connectivity index (χ0v) is 14.9. The summed E-state index contributed by atoms with van der Waals surface area (Å²) in [7, 11) is -4.17. The van der Waals surface area contributed by atoms with Crippen LogP contribution in [0.5, 0.6) is 0 Å². The molecule has 132 valence electrons. The topological polar surface area (TPSA) is 93.1 Å². The van der Waals surface area contributed by atoms with Crippen molar-refractivity contribution in [3.05, 3.63) is 12.2 Å². The quantitative estimate of drug-likeness (QED) is 0.256. The molecule has 0 aliphatic rings. The lowest BCUT2D eigenvalue weighted by molar-refractivity contribution is -0.139. The Bertz CT molecular complexity index is 337. The van der Waals surface area contributed by atoms with Gasteiger partial charge in [-0.1, -0.05) is 52.0 Å². The van der Waals surface area contributed by atoms with Crippen LogP contribution in [0.4, 0.5) is 0 Å². The molecule has 22 heavy (non-hydrogen) atoms. The highest BCUT2D eigenvalue weighted by Crippen LogP contribution is 2.34. The van der Waals surface area contributed by atoms with Crippen molar-refractivity contribution < 1.29 is 28.4 Å². The van der Waals surface area contributed by atoms with Crippen LogP contribution in [0.1, 0.15) is 65.7 Å². The summed E-state index contributed by atoms with van der Waals surface area (Å²) in [5, 5.41) is 0. The predicted molar refractivity (Wildman–Crippen MR) is 87.4 cm³/mol. The van der Waals surface area contributed by atoms with E-state index in [0.29, 0.717) is 12.2 Å². The highest BCUT2D eigenvalue weighted by Gasteiger charge is 2.10. The molecule has 0 aromatic carbocycles.